The lowest BCUT2D eigenvalue weighted by Gasteiger charge is -2.15. The minimum Gasteiger partial charge on any atom is -0.493 e. The number of nitro benzene ring substituents is 1. The summed E-state index contributed by atoms with van der Waals surface area (Å²) >= 11 is 0. The van der Waals surface area contributed by atoms with Gasteiger partial charge in [0, 0.05) is 18.7 Å². The average Bonchev–Trinajstić information content (AvgIpc) is 3.23. The highest BCUT2D eigenvalue weighted by Crippen LogP contribution is 2.36. The molecule has 1 atom stereocenters. The first-order chi connectivity index (χ1) is 14.9. The van der Waals surface area contributed by atoms with Crippen LogP contribution >= 0.6 is 0 Å². The highest BCUT2D eigenvalue weighted by Gasteiger charge is 2.25. The summed E-state index contributed by atoms with van der Waals surface area (Å²) in [5.41, 5.74) is -0.651. The first-order valence-corrected chi connectivity index (χ1v) is 9.40. The van der Waals surface area contributed by atoms with Crippen molar-refractivity contribution in [2.45, 2.75) is 13.0 Å². The highest BCUT2D eigenvalue weighted by molar-refractivity contribution is 5.99. The summed E-state index contributed by atoms with van der Waals surface area (Å²) < 4.78 is 26.4. The van der Waals surface area contributed by atoms with E-state index in [9.17, 15) is 20.0 Å². The minimum atomic E-state index is -1.06. The molecule has 2 N–H and O–H groups in total. The Bertz CT molecular complexity index is 964. The van der Waals surface area contributed by atoms with Gasteiger partial charge in [0.2, 0.25) is 6.79 Å². The Balaban J connectivity index is 1.61. The lowest BCUT2D eigenvalue weighted by molar-refractivity contribution is -0.385. The quantitative estimate of drug-likeness (QED) is 0.424. The zero-order chi connectivity index (χ0) is 22.4. The van der Waals surface area contributed by atoms with Crippen LogP contribution in [0, 0.1) is 10.1 Å². The number of ether oxygens (including phenoxy) is 5. The SMILES string of the molecule is CCOc1cc(C(=O)NCC(O)COc2ccc3c(c2)OCO3)c([N+](=O)[O-])cc1OC. The third kappa shape index (κ3) is 5.25. The number of rotatable bonds is 10. The van der Waals surface area contributed by atoms with Gasteiger partial charge in [0.1, 0.15) is 24.0 Å². The fraction of sp³-hybridized carbons (Fsp3) is 0.350. The Labute approximate surface area is 177 Å². The van der Waals surface area contributed by atoms with Gasteiger partial charge in [-0.25, -0.2) is 0 Å². The first-order valence-electron chi connectivity index (χ1n) is 9.40. The number of hydrogen-bond donors (Lipinski definition) is 2. The van der Waals surface area contributed by atoms with Crippen molar-refractivity contribution in [3.05, 3.63) is 46.0 Å². The van der Waals surface area contributed by atoms with Crippen LogP contribution in [-0.4, -0.2) is 55.7 Å². The normalized spacial score (nSPS) is 12.7. The lowest BCUT2D eigenvalue weighted by atomic mass is 10.1. The van der Waals surface area contributed by atoms with Gasteiger partial charge in [0.25, 0.3) is 11.6 Å². The first kappa shape index (κ1) is 22.0. The second-order valence-corrected chi connectivity index (χ2v) is 6.40. The molecule has 2 aromatic carbocycles. The smallest absolute Gasteiger partial charge is 0.286 e. The van der Waals surface area contributed by atoms with Gasteiger partial charge in [-0.3, -0.25) is 14.9 Å². The number of amides is 1. The molecule has 0 spiro atoms. The molecule has 0 radical (unpaired) electrons. The summed E-state index contributed by atoms with van der Waals surface area (Å²) in [5.74, 6) is 1.21. The van der Waals surface area contributed by atoms with E-state index in [-0.39, 0.29) is 43.6 Å². The van der Waals surface area contributed by atoms with Crippen molar-refractivity contribution >= 4 is 11.6 Å². The molecule has 1 amide bonds. The maximum absolute atomic E-state index is 12.5. The van der Waals surface area contributed by atoms with Crippen molar-refractivity contribution in [3.8, 4) is 28.7 Å². The van der Waals surface area contributed by atoms with Crippen LogP contribution in [0.5, 0.6) is 28.7 Å². The second-order valence-electron chi connectivity index (χ2n) is 6.40. The monoisotopic (exact) mass is 434 g/mol. The van der Waals surface area contributed by atoms with E-state index in [1.165, 1.54) is 13.2 Å². The van der Waals surface area contributed by atoms with Crippen molar-refractivity contribution < 1.29 is 38.5 Å². The largest absolute Gasteiger partial charge is 0.493 e. The second kappa shape index (κ2) is 9.85. The Morgan fingerprint density at radius 3 is 2.71 bits per heavy atom. The standard InChI is InChI=1S/C20H22N2O9/c1-3-28-19-7-14(15(22(25)26)8-17(19)27-2)20(24)21-9-12(23)10-29-13-4-5-16-18(6-13)31-11-30-16/h4-8,12,23H,3,9-11H2,1-2H3,(H,21,24). The molecule has 3 rings (SSSR count). The van der Waals surface area contributed by atoms with E-state index in [4.69, 9.17) is 23.7 Å². The highest BCUT2D eigenvalue weighted by atomic mass is 16.7. The number of nitro groups is 1. The molecule has 0 saturated carbocycles. The molecule has 31 heavy (non-hydrogen) atoms. The summed E-state index contributed by atoms with van der Waals surface area (Å²) in [5, 5.41) is 24.0. The van der Waals surface area contributed by atoms with Gasteiger partial charge in [0.05, 0.1) is 24.7 Å². The number of carbonyl (C=O) groups excluding carboxylic acids is 1. The summed E-state index contributed by atoms with van der Waals surface area (Å²) in [6, 6.07) is 7.34. The zero-order valence-corrected chi connectivity index (χ0v) is 17.0. The van der Waals surface area contributed by atoms with Crippen LogP contribution in [0.2, 0.25) is 0 Å². The van der Waals surface area contributed by atoms with Crippen LogP contribution < -0.4 is 29.0 Å². The molecule has 1 heterocycles. The number of fused-ring (bicyclic) bond motifs is 1. The zero-order valence-electron chi connectivity index (χ0n) is 17.0. The summed E-state index contributed by atoms with van der Waals surface area (Å²) in [4.78, 5) is 23.2. The van der Waals surface area contributed by atoms with E-state index in [0.717, 1.165) is 6.07 Å². The maximum Gasteiger partial charge on any atom is 0.286 e. The van der Waals surface area contributed by atoms with Crippen LogP contribution in [0.1, 0.15) is 17.3 Å². The van der Waals surface area contributed by atoms with Gasteiger partial charge in [-0.05, 0) is 19.1 Å². The molecule has 1 aliphatic rings. The molecule has 1 aliphatic heterocycles. The van der Waals surface area contributed by atoms with Crippen LogP contribution in [-0.2, 0) is 0 Å². The molecular formula is C20H22N2O9. The van der Waals surface area contributed by atoms with Gasteiger partial charge in [0.15, 0.2) is 23.0 Å². The predicted molar refractivity (Wildman–Crippen MR) is 107 cm³/mol. The molecular weight excluding hydrogens is 412 g/mol. The number of nitrogens with one attached hydrogen (secondary N) is 1. The lowest BCUT2D eigenvalue weighted by Crippen LogP contribution is -2.35. The van der Waals surface area contributed by atoms with E-state index in [1.54, 1.807) is 25.1 Å². The summed E-state index contributed by atoms with van der Waals surface area (Å²) in [7, 11) is 1.35. The van der Waals surface area contributed by atoms with Gasteiger partial charge >= 0.3 is 0 Å². The molecule has 0 fully saturated rings. The Morgan fingerprint density at radius 2 is 2.00 bits per heavy atom. The number of benzene rings is 2. The number of hydrogen-bond acceptors (Lipinski definition) is 9. The number of nitrogens with zero attached hydrogens (tertiary/aromatic N) is 1. The molecule has 0 saturated heterocycles. The third-order valence-corrected chi connectivity index (χ3v) is 4.31. The molecule has 0 aliphatic carbocycles. The molecule has 0 aromatic heterocycles. The Hall–Kier alpha value is -3.73. The van der Waals surface area contributed by atoms with E-state index < -0.39 is 22.6 Å². The van der Waals surface area contributed by atoms with Crippen molar-refractivity contribution in [1.29, 1.82) is 0 Å². The van der Waals surface area contributed by atoms with Crippen LogP contribution in [0.15, 0.2) is 30.3 Å². The molecule has 11 nitrogen and oxygen atoms in total. The number of aliphatic hydroxyl groups is 1. The number of carbonyl (C=O) groups is 1. The maximum atomic E-state index is 12.5. The van der Waals surface area contributed by atoms with Crippen molar-refractivity contribution in [3.63, 3.8) is 0 Å². The fourth-order valence-corrected chi connectivity index (χ4v) is 2.83. The molecule has 2 aromatic rings. The molecule has 1 unspecified atom stereocenters. The van der Waals surface area contributed by atoms with E-state index in [0.29, 0.717) is 17.2 Å². The Morgan fingerprint density at radius 1 is 1.23 bits per heavy atom. The van der Waals surface area contributed by atoms with Crippen LogP contribution in [0.3, 0.4) is 0 Å². The van der Waals surface area contributed by atoms with Crippen LogP contribution in [0.25, 0.3) is 0 Å². The Kier molecular flexibility index (Phi) is 6.98. The van der Waals surface area contributed by atoms with Gasteiger partial charge in [-0.2, -0.15) is 0 Å². The van der Waals surface area contributed by atoms with Gasteiger partial charge in [-0.1, -0.05) is 0 Å². The molecule has 11 heteroatoms. The number of aliphatic hydroxyl groups excluding tert-OH is 1. The third-order valence-electron chi connectivity index (χ3n) is 4.31. The van der Waals surface area contributed by atoms with Crippen molar-refractivity contribution in [2.24, 2.45) is 0 Å². The van der Waals surface area contributed by atoms with Gasteiger partial charge < -0.3 is 34.1 Å². The van der Waals surface area contributed by atoms with E-state index in [2.05, 4.69) is 5.32 Å². The van der Waals surface area contributed by atoms with Crippen molar-refractivity contribution in [2.75, 3.05) is 33.7 Å². The molecule has 0 bridgehead atoms. The van der Waals surface area contributed by atoms with E-state index >= 15 is 0 Å². The van der Waals surface area contributed by atoms with Crippen molar-refractivity contribution in [1.82, 2.24) is 5.32 Å². The molecule has 166 valence electrons. The topological polar surface area (TPSA) is 139 Å². The minimum absolute atomic E-state index is 0.116. The fourth-order valence-electron chi connectivity index (χ4n) is 2.83. The average molecular weight is 434 g/mol. The van der Waals surface area contributed by atoms with E-state index in [1.807, 2.05) is 0 Å². The number of methoxy groups -OCH3 is 1. The van der Waals surface area contributed by atoms with Gasteiger partial charge in [-0.15, -0.1) is 0 Å². The summed E-state index contributed by atoms with van der Waals surface area (Å²) in [6.45, 7) is 1.85. The summed E-state index contributed by atoms with van der Waals surface area (Å²) in [6.07, 6.45) is -1.06. The predicted octanol–water partition coefficient (Wildman–Crippen LogP) is 1.90. The van der Waals surface area contributed by atoms with Crippen LogP contribution in [0.4, 0.5) is 5.69 Å².